The lowest BCUT2D eigenvalue weighted by Gasteiger charge is -2.28. The van der Waals surface area contributed by atoms with Gasteiger partial charge in [-0.25, -0.2) is 4.57 Å². The maximum absolute atomic E-state index is 12.2. The van der Waals surface area contributed by atoms with E-state index >= 15 is 0 Å². The van der Waals surface area contributed by atoms with Gasteiger partial charge in [0.2, 0.25) is 5.69 Å². The third kappa shape index (κ3) is 5.68. The lowest BCUT2D eigenvalue weighted by molar-refractivity contribution is -0.699. The fourth-order valence-electron chi connectivity index (χ4n) is 4.50. The fraction of sp³-hybridized carbons (Fsp3) is 0.231. The first-order chi connectivity index (χ1) is 15.2. The number of aromatic nitrogens is 2. The van der Waals surface area contributed by atoms with E-state index < -0.39 is 12.8 Å². The van der Waals surface area contributed by atoms with Crippen LogP contribution in [0.3, 0.4) is 0 Å². The van der Waals surface area contributed by atoms with Gasteiger partial charge < -0.3 is 34.6 Å². The first kappa shape index (κ1) is 28.0. The van der Waals surface area contributed by atoms with E-state index in [4.69, 9.17) is 0 Å². The summed E-state index contributed by atoms with van der Waals surface area (Å²) in [5.41, 5.74) is 7.08. The molecule has 8 heteroatoms. The molecule has 2 aromatic heterocycles. The molecule has 0 aliphatic heterocycles. The molecule has 1 aliphatic rings. The summed E-state index contributed by atoms with van der Waals surface area (Å²) in [5, 5.41) is -1.20. The molecule has 0 radical (unpaired) electrons. The van der Waals surface area contributed by atoms with Crippen molar-refractivity contribution in [2.24, 2.45) is 0 Å². The van der Waals surface area contributed by atoms with Gasteiger partial charge in [-0.15, -0.1) is 0 Å². The van der Waals surface area contributed by atoms with Gasteiger partial charge in [0, 0.05) is 35.4 Å². The predicted molar refractivity (Wildman–Crippen MR) is 125 cm³/mol. The second kappa shape index (κ2) is 11.0. The molecule has 2 heterocycles. The van der Waals surface area contributed by atoms with Gasteiger partial charge in [-0.05, 0) is 50.5 Å². The molecule has 180 valence electrons. The van der Waals surface area contributed by atoms with Gasteiger partial charge in [0.25, 0.3) is 0 Å². The Labute approximate surface area is 213 Å². The standard InChI is InChI=1S/C26H27N2O3P.2ClH/c1-20-17-21(2)25(22(3)18-20)28-15-9-24(10-16-28)23-7-13-27(14-8-23)19-26(32(29,30)31)11-5-4-6-12-26;;/h4-11,13-18H,12,19H2,1-3H3;2*1H. The molecule has 34 heavy (non-hydrogen) atoms. The number of hydrogen-bond acceptors (Lipinski definition) is 1. The summed E-state index contributed by atoms with van der Waals surface area (Å²) in [7, 11) is -4.32. The number of pyridine rings is 2. The molecule has 2 N–H and O–H groups in total. The zero-order valence-corrected chi connectivity index (χ0v) is 21.8. The Balaban J connectivity index is 0.00000204. The quantitative estimate of drug-likeness (QED) is 0.312. The third-order valence-electron chi connectivity index (χ3n) is 6.11. The Morgan fingerprint density at radius 2 is 1.41 bits per heavy atom. The largest absolute Gasteiger partial charge is 1.00 e. The minimum atomic E-state index is -4.32. The minimum absolute atomic E-state index is 0. The highest BCUT2D eigenvalue weighted by molar-refractivity contribution is 7.53. The Kier molecular flexibility index (Phi) is 9.04. The van der Waals surface area contributed by atoms with Crippen LogP contribution in [-0.2, 0) is 11.1 Å². The number of allylic oxidation sites excluding steroid dienone is 4. The van der Waals surface area contributed by atoms with Crippen LogP contribution in [0.2, 0.25) is 0 Å². The van der Waals surface area contributed by atoms with Gasteiger partial charge in [-0.3, -0.25) is 4.57 Å². The Morgan fingerprint density at radius 1 is 0.882 bits per heavy atom. The molecule has 0 amide bonds. The van der Waals surface area contributed by atoms with Crippen molar-refractivity contribution < 1.29 is 48.3 Å². The molecule has 3 aromatic rings. The molecule has 1 atom stereocenters. The van der Waals surface area contributed by atoms with Gasteiger partial charge in [0.1, 0.15) is 0 Å². The van der Waals surface area contributed by atoms with Crippen molar-refractivity contribution in [1.29, 1.82) is 0 Å². The topological polar surface area (TPSA) is 65.3 Å². The van der Waals surface area contributed by atoms with E-state index in [9.17, 15) is 14.4 Å². The van der Waals surface area contributed by atoms with Crippen molar-refractivity contribution in [3.05, 3.63) is 102 Å². The van der Waals surface area contributed by atoms with E-state index in [1.807, 2.05) is 41.2 Å². The normalized spacial score (nSPS) is 17.1. The summed E-state index contributed by atoms with van der Waals surface area (Å²) >= 11 is 0. The molecule has 0 saturated heterocycles. The maximum atomic E-state index is 12.2. The smallest absolute Gasteiger partial charge is 0.342 e. The van der Waals surface area contributed by atoms with E-state index in [1.165, 1.54) is 22.4 Å². The summed E-state index contributed by atoms with van der Waals surface area (Å²) in [6, 6.07) is 12.5. The fourth-order valence-corrected chi connectivity index (χ4v) is 5.47. The van der Waals surface area contributed by atoms with Crippen LogP contribution >= 0.6 is 7.60 Å². The van der Waals surface area contributed by atoms with Crippen LogP contribution in [0.15, 0.2) is 85.5 Å². The molecule has 1 aromatic carbocycles. The van der Waals surface area contributed by atoms with E-state index in [2.05, 4.69) is 62.0 Å². The van der Waals surface area contributed by atoms with Crippen molar-refractivity contribution in [2.45, 2.75) is 38.9 Å². The van der Waals surface area contributed by atoms with Gasteiger partial charge in [0.15, 0.2) is 36.5 Å². The summed E-state index contributed by atoms with van der Waals surface area (Å²) in [4.78, 5) is 19.9. The van der Waals surface area contributed by atoms with Crippen LogP contribution in [0, 0.1) is 20.8 Å². The summed E-state index contributed by atoms with van der Waals surface area (Å²) in [5.74, 6) is 0. The van der Waals surface area contributed by atoms with Crippen LogP contribution in [0.1, 0.15) is 23.1 Å². The zero-order valence-electron chi connectivity index (χ0n) is 19.4. The number of benzene rings is 1. The molecule has 0 spiro atoms. The number of hydrogen-bond donors (Lipinski definition) is 2. The van der Waals surface area contributed by atoms with E-state index in [1.54, 1.807) is 12.2 Å². The van der Waals surface area contributed by atoms with Crippen LogP contribution in [-0.4, -0.2) is 14.9 Å². The first-order valence-corrected chi connectivity index (χ1v) is 12.3. The van der Waals surface area contributed by atoms with Crippen LogP contribution in [0.25, 0.3) is 16.8 Å². The lowest BCUT2D eigenvalue weighted by atomic mass is 9.99. The monoisotopic (exact) mass is 518 g/mol. The number of nitrogens with zero attached hydrogens (tertiary/aromatic N) is 2. The SMILES string of the molecule is Cc1cc(C)c(-[n+]2ccc(-c3cc[n+](CC4(P(=O)(O)O)C=CC=CC4)cc3)cc2)c(C)c1.[Cl-].[Cl-]. The zero-order chi connectivity index (χ0) is 22.9. The van der Waals surface area contributed by atoms with Crippen molar-refractivity contribution in [1.82, 2.24) is 0 Å². The van der Waals surface area contributed by atoms with Crippen LogP contribution in [0.4, 0.5) is 0 Å². The highest BCUT2D eigenvalue weighted by atomic mass is 35.5. The van der Waals surface area contributed by atoms with Crippen molar-refractivity contribution in [2.75, 3.05) is 0 Å². The minimum Gasteiger partial charge on any atom is -1.00 e. The van der Waals surface area contributed by atoms with Crippen molar-refractivity contribution in [3.63, 3.8) is 0 Å². The maximum Gasteiger partial charge on any atom is 0.342 e. The number of rotatable bonds is 5. The Bertz CT molecular complexity index is 1230. The first-order valence-electron chi connectivity index (χ1n) is 10.7. The molecular weight excluding hydrogens is 490 g/mol. The average molecular weight is 519 g/mol. The predicted octanol–water partition coefficient (Wildman–Crippen LogP) is -1.72. The third-order valence-corrected chi connectivity index (χ3v) is 7.74. The van der Waals surface area contributed by atoms with Crippen LogP contribution in [0.5, 0.6) is 0 Å². The van der Waals surface area contributed by atoms with Crippen molar-refractivity contribution >= 4 is 7.60 Å². The Morgan fingerprint density at radius 3 is 1.88 bits per heavy atom. The number of halogens is 2. The molecule has 0 fully saturated rings. The van der Waals surface area contributed by atoms with Gasteiger partial charge >= 0.3 is 7.60 Å². The summed E-state index contributed by atoms with van der Waals surface area (Å²) in [6.45, 7) is 6.60. The molecule has 0 bridgehead atoms. The highest BCUT2D eigenvalue weighted by Crippen LogP contribution is 2.54. The van der Waals surface area contributed by atoms with Gasteiger partial charge in [0.05, 0.1) is 0 Å². The van der Waals surface area contributed by atoms with Gasteiger partial charge in [-0.2, -0.15) is 4.57 Å². The van der Waals surface area contributed by atoms with E-state index in [0.717, 1.165) is 11.1 Å². The van der Waals surface area contributed by atoms with E-state index in [0.29, 0.717) is 6.42 Å². The summed E-state index contributed by atoms with van der Waals surface area (Å²) in [6.07, 6.45) is 15.2. The number of aryl methyl sites for hydroxylation is 3. The molecule has 4 rings (SSSR count). The van der Waals surface area contributed by atoms with Crippen molar-refractivity contribution in [3.8, 4) is 16.8 Å². The average Bonchev–Trinajstić information content (AvgIpc) is 2.74. The molecule has 5 nitrogen and oxygen atoms in total. The Hall–Kier alpha value is -2.27. The molecular formula is C26H29Cl2N2O3P. The molecule has 1 aliphatic carbocycles. The highest BCUT2D eigenvalue weighted by Gasteiger charge is 2.48. The van der Waals surface area contributed by atoms with E-state index in [-0.39, 0.29) is 31.4 Å². The second-order valence-electron chi connectivity index (χ2n) is 8.64. The lowest BCUT2D eigenvalue weighted by Crippen LogP contribution is -3.00. The van der Waals surface area contributed by atoms with Crippen LogP contribution < -0.4 is 33.9 Å². The van der Waals surface area contributed by atoms with Gasteiger partial charge in [-0.1, -0.05) is 29.9 Å². The second-order valence-corrected chi connectivity index (χ2v) is 10.6. The molecule has 0 saturated carbocycles. The molecule has 1 unspecified atom stereocenters. The summed E-state index contributed by atoms with van der Waals surface area (Å²) < 4.78 is 16.2.